The summed E-state index contributed by atoms with van der Waals surface area (Å²) in [5, 5.41) is 3.51. The zero-order valence-corrected chi connectivity index (χ0v) is 13.9. The lowest BCUT2D eigenvalue weighted by Crippen LogP contribution is -2.35. The Balaban J connectivity index is 2.67. The van der Waals surface area contributed by atoms with Gasteiger partial charge in [0.1, 0.15) is 0 Å². The number of hydrogen-bond acceptors (Lipinski definition) is 4. The monoisotopic (exact) mass is 295 g/mol. The lowest BCUT2D eigenvalue weighted by atomic mass is 10.1. The van der Waals surface area contributed by atoms with Crippen molar-refractivity contribution >= 4 is 17.7 Å². The van der Waals surface area contributed by atoms with Gasteiger partial charge in [-0.25, -0.2) is 0 Å². The Kier molecular flexibility index (Phi) is 6.56. The van der Waals surface area contributed by atoms with Gasteiger partial charge in [0.05, 0.1) is 13.5 Å². The molecule has 20 heavy (non-hydrogen) atoms. The minimum Gasteiger partial charge on any atom is -0.469 e. The predicted molar refractivity (Wildman–Crippen MR) is 85.1 cm³/mol. The average molecular weight is 295 g/mol. The Morgan fingerprint density at radius 2 is 2.05 bits per heavy atom. The molecule has 0 saturated carbocycles. The molecular formula is C16H25NO2S. The highest BCUT2D eigenvalue weighted by molar-refractivity contribution is 7.99. The van der Waals surface area contributed by atoms with Crippen molar-refractivity contribution in [2.75, 3.05) is 12.9 Å². The first-order valence-corrected chi connectivity index (χ1v) is 7.84. The van der Waals surface area contributed by atoms with E-state index in [1.807, 2.05) is 0 Å². The molecule has 0 atom stereocenters. The number of aryl methyl sites for hydroxylation is 1. The van der Waals surface area contributed by atoms with E-state index in [0.29, 0.717) is 6.42 Å². The van der Waals surface area contributed by atoms with Crippen LogP contribution in [-0.2, 0) is 16.1 Å². The van der Waals surface area contributed by atoms with Crippen LogP contribution in [0.4, 0.5) is 0 Å². The Bertz CT molecular complexity index is 452. The van der Waals surface area contributed by atoms with Gasteiger partial charge >= 0.3 is 5.97 Å². The molecule has 1 aromatic rings. The lowest BCUT2D eigenvalue weighted by Gasteiger charge is -2.22. The third-order valence-corrected chi connectivity index (χ3v) is 3.93. The van der Waals surface area contributed by atoms with E-state index in [-0.39, 0.29) is 11.5 Å². The summed E-state index contributed by atoms with van der Waals surface area (Å²) in [6, 6.07) is 6.46. The number of thioether (sulfide) groups is 1. The maximum atomic E-state index is 11.2. The third-order valence-electron chi connectivity index (χ3n) is 2.82. The van der Waals surface area contributed by atoms with E-state index in [2.05, 4.69) is 55.9 Å². The molecule has 1 aromatic carbocycles. The first kappa shape index (κ1) is 17.1. The van der Waals surface area contributed by atoms with Gasteiger partial charge in [-0.15, -0.1) is 11.8 Å². The second-order valence-electron chi connectivity index (χ2n) is 5.89. The van der Waals surface area contributed by atoms with Crippen molar-refractivity contribution in [3.8, 4) is 0 Å². The molecule has 0 aliphatic carbocycles. The van der Waals surface area contributed by atoms with Gasteiger partial charge in [-0.3, -0.25) is 4.79 Å². The van der Waals surface area contributed by atoms with Crippen molar-refractivity contribution in [2.24, 2.45) is 0 Å². The molecule has 4 heteroatoms. The molecule has 112 valence electrons. The van der Waals surface area contributed by atoms with E-state index < -0.39 is 0 Å². The standard InChI is InChI=1S/C16H25NO2S/c1-12-6-7-14(20-9-8-15(18)19-5)13(10-12)11-17-16(2,3)4/h6-7,10,17H,8-9,11H2,1-5H3. The minimum absolute atomic E-state index is 0.0949. The van der Waals surface area contributed by atoms with Gasteiger partial charge in [0.15, 0.2) is 0 Å². The SMILES string of the molecule is COC(=O)CCSc1ccc(C)cc1CNC(C)(C)C. The third kappa shape index (κ3) is 6.44. The number of esters is 1. The van der Waals surface area contributed by atoms with Crippen LogP contribution in [0.5, 0.6) is 0 Å². The summed E-state index contributed by atoms with van der Waals surface area (Å²) in [5.41, 5.74) is 2.64. The Morgan fingerprint density at radius 3 is 2.65 bits per heavy atom. The molecule has 0 spiro atoms. The number of nitrogens with one attached hydrogen (secondary N) is 1. The van der Waals surface area contributed by atoms with Crippen molar-refractivity contribution in [3.63, 3.8) is 0 Å². The van der Waals surface area contributed by atoms with Crippen molar-refractivity contribution < 1.29 is 9.53 Å². The van der Waals surface area contributed by atoms with Gasteiger partial charge in [-0.2, -0.15) is 0 Å². The first-order valence-electron chi connectivity index (χ1n) is 6.86. The number of hydrogen-bond donors (Lipinski definition) is 1. The number of methoxy groups -OCH3 is 1. The number of rotatable bonds is 6. The molecule has 0 radical (unpaired) electrons. The van der Waals surface area contributed by atoms with E-state index in [4.69, 9.17) is 0 Å². The van der Waals surface area contributed by atoms with Crippen molar-refractivity contribution in [3.05, 3.63) is 29.3 Å². The summed E-state index contributed by atoms with van der Waals surface area (Å²) in [6.07, 6.45) is 0.446. The molecule has 0 amide bonds. The fourth-order valence-electron chi connectivity index (χ4n) is 1.69. The van der Waals surface area contributed by atoms with Gasteiger partial charge < -0.3 is 10.1 Å². The Labute approximate surface area is 126 Å². The molecule has 0 aliphatic heterocycles. The quantitative estimate of drug-likeness (QED) is 0.643. The maximum Gasteiger partial charge on any atom is 0.306 e. The highest BCUT2D eigenvalue weighted by Crippen LogP contribution is 2.25. The lowest BCUT2D eigenvalue weighted by molar-refractivity contribution is -0.140. The van der Waals surface area contributed by atoms with Crippen LogP contribution in [0.2, 0.25) is 0 Å². The van der Waals surface area contributed by atoms with Gasteiger partial charge in [0.25, 0.3) is 0 Å². The molecule has 0 aliphatic rings. The molecule has 0 bridgehead atoms. The molecule has 0 heterocycles. The van der Waals surface area contributed by atoms with Crippen LogP contribution in [0.25, 0.3) is 0 Å². The average Bonchev–Trinajstić information content (AvgIpc) is 2.37. The van der Waals surface area contributed by atoms with Crippen LogP contribution in [0.1, 0.15) is 38.3 Å². The topological polar surface area (TPSA) is 38.3 Å². The van der Waals surface area contributed by atoms with Crippen LogP contribution in [0.15, 0.2) is 23.1 Å². The normalized spacial score (nSPS) is 11.4. The minimum atomic E-state index is -0.154. The summed E-state index contributed by atoms with van der Waals surface area (Å²) >= 11 is 1.71. The van der Waals surface area contributed by atoms with Gasteiger partial charge in [0, 0.05) is 22.7 Å². The summed E-state index contributed by atoms with van der Waals surface area (Å²) in [6.45, 7) is 9.42. The predicted octanol–water partition coefficient (Wildman–Crippen LogP) is 3.54. The molecule has 1 N–H and O–H groups in total. The Morgan fingerprint density at radius 1 is 1.35 bits per heavy atom. The number of carbonyl (C=O) groups is 1. The van der Waals surface area contributed by atoms with E-state index in [9.17, 15) is 4.79 Å². The fraction of sp³-hybridized carbons (Fsp3) is 0.562. The van der Waals surface area contributed by atoms with E-state index in [1.165, 1.54) is 23.1 Å². The molecule has 0 saturated heterocycles. The smallest absolute Gasteiger partial charge is 0.306 e. The van der Waals surface area contributed by atoms with Gasteiger partial charge in [-0.05, 0) is 39.3 Å². The van der Waals surface area contributed by atoms with Crippen LogP contribution in [0.3, 0.4) is 0 Å². The second kappa shape index (κ2) is 7.70. The summed E-state index contributed by atoms with van der Waals surface area (Å²) < 4.78 is 4.67. The zero-order valence-electron chi connectivity index (χ0n) is 13.1. The number of carbonyl (C=O) groups excluding carboxylic acids is 1. The van der Waals surface area contributed by atoms with E-state index in [1.54, 1.807) is 11.8 Å². The van der Waals surface area contributed by atoms with E-state index >= 15 is 0 Å². The van der Waals surface area contributed by atoms with E-state index in [0.717, 1.165) is 12.3 Å². The largest absolute Gasteiger partial charge is 0.469 e. The first-order chi connectivity index (χ1) is 9.31. The molecule has 0 fully saturated rings. The van der Waals surface area contributed by atoms with Crippen molar-refractivity contribution in [1.29, 1.82) is 0 Å². The fourth-order valence-corrected chi connectivity index (χ4v) is 2.66. The Hall–Kier alpha value is -1.00. The molecule has 1 rings (SSSR count). The number of ether oxygens (including phenoxy) is 1. The highest BCUT2D eigenvalue weighted by Gasteiger charge is 2.11. The van der Waals surface area contributed by atoms with Gasteiger partial charge in [-0.1, -0.05) is 17.7 Å². The summed E-state index contributed by atoms with van der Waals surface area (Å²) in [7, 11) is 1.43. The van der Waals surface area contributed by atoms with Crippen molar-refractivity contribution in [1.82, 2.24) is 5.32 Å². The molecular weight excluding hydrogens is 270 g/mol. The summed E-state index contributed by atoms with van der Waals surface area (Å²) in [5.74, 6) is 0.595. The van der Waals surface area contributed by atoms with Crippen LogP contribution < -0.4 is 5.32 Å². The molecule has 3 nitrogen and oxygen atoms in total. The van der Waals surface area contributed by atoms with Crippen LogP contribution in [0, 0.1) is 6.92 Å². The second-order valence-corrected chi connectivity index (χ2v) is 7.03. The molecule has 0 unspecified atom stereocenters. The van der Waals surface area contributed by atoms with Gasteiger partial charge in [0.2, 0.25) is 0 Å². The zero-order chi connectivity index (χ0) is 15.2. The highest BCUT2D eigenvalue weighted by atomic mass is 32.2. The van der Waals surface area contributed by atoms with Crippen LogP contribution >= 0.6 is 11.8 Å². The molecule has 0 aromatic heterocycles. The van der Waals surface area contributed by atoms with Crippen LogP contribution in [-0.4, -0.2) is 24.4 Å². The summed E-state index contributed by atoms with van der Waals surface area (Å²) in [4.78, 5) is 12.4. The number of benzene rings is 1. The van der Waals surface area contributed by atoms with Crippen molar-refractivity contribution in [2.45, 2.75) is 51.1 Å². The maximum absolute atomic E-state index is 11.2.